The Morgan fingerprint density at radius 1 is 1.19 bits per heavy atom. The molecule has 2 amide bonds. The lowest BCUT2D eigenvalue weighted by Crippen LogP contribution is -2.35. The highest BCUT2D eigenvalue weighted by atomic mass is 32.1. The lowest BCUT2D eigenvalue weighted by molar-refractivity contribution is -0.140. The minimum Gasteiger partial charge on any atom is -0.508 e. The van der Waals surface area contributed by atoms with E-state index in [9.17, 15) is 14.7 Å². The molecular weight excluding hydrogens is 486 g/mol. The van der Waals surface area contributed by atoms with E-state index in [-0.39, 0.29) is 41.4 Å². The van der Waals surface area contributed by atoms with Gasteiger partial charge in [0.1, 0.15) is 5.75 Å². The number of fused-ring (bicyclic) bond motifs is 3. The van der Waals surface area contributed by atoms with Crippen LogP contribution in [0.3, 0.4) is 0 Å². The maximum absolute atomic E-state index is 13.5. The number of phenols is 1. The van der Waals surface area contributed by atoms with E-state index >= 15 is 0 Å². The summed E-state index contributed by atoms with van der Waals surface area (Å²) in [7, 11) is 1.68. The van der Waals surface area contributed by atoms with Crippen molar-refractivity contribution in [2.45, 2.75) is 51.7 Å². The van der Waals surface area contributed by atoms with E-state index in [2.05, 4.69) is 13.0 Å². The molecule has 2 aromatic rings. The first-order valence-corrected chi connectivity index (χ1v) is 14.1. The molecule has 4 atom stereocenters. The van der Waals surface area contributed by atoms with Crippen molar-refractivity contribution in [3.8, 4) is 5.75 Å². The highest BCUT2D eigenvalue weighted by molar-refractivity contribution is 7.09. The van der Waals surface area contributed by atoms with Crippen LogP contribution in [-0.2, 0) is 25.6 Å². The molecular formula is C30H35NO5S. The molecule has 3 heterocycles. The average Bonchev–Trinajstić information content (AvgIpc) is 3.60. The van der Waals surface area contributed by atoms with Crippen molar-refractivity contribution < 1.29 is 24.2 Å². The lowest BCUT2D eigenvalue weighted by atomic mass is 9.69. The first kappa shape index (κ1) is 25.9. The van der Waals surface area contributed by atoms with E-state index in [1.165, 1.54) is 16.0 Å². The van der Waals surface area contributed by atoms with Gasteiger partial charge >= 0.3 is 0 Å². The first-order chi connectivity index (χ1) is 18.0. The Morgan fingerprint density at radius 3 is 2.78 bits per heavy atom. The van der Waals surface area contributed by atoms with Crippen molar-refractivity contribution in [1.82, 2.24) is 4.90 Å². The van der Waals surface area contributed by atoms with E-state index in [0.29, 0.717) is 26.2 Å². The summed E-state index contributed by atoms with van der Waals surface area (Å²) in [6.07, 6.45) is 6.37. The molecule has 2 saturated heterocycles. The smallest absolute Gasteiger partial charge is 0.234 e. The summed E-state index contributed by atoms with van der Waals surface area (Å²) in [4.78, 5) is 29.4. The summed E-state index contributed by atoms with van der Waals surface area (Å²) in [5.74, 6) is -0.577. The van der Waals surface area contributed by atoms with E-state index < -0.39 is 0 Å². The molecule has 0 unspecified atom stereocenters. The number of carbonyl (C=O) groups excluding carboxylic acids is 2. The van der Waals surface area contributed by atoms with Crippen LogP contribution >= 0.6 is 11.3 Å². The van der Waals surface area contributed by atoms with Gasteiger partial charge in [-0.3, -0.25) is 14.5 Å². The average molecular weight is 522 g/mol. The van der Waals surface area contributed by atoms with Gasteiger partial charge in [0.2, 0.25) is 11.8 Å². The van der Waals surface area contributed by atoms with Crippen molar-refractivity contribution in [1.29, 1.82) is 0 Å². The number of likely N-dealkylation sites (tertiary alicyclic amines) is 1. The molecule has 1 aromatic carbocycles. The van der Waals surface area contributed by atoms with Gasteiger partial charge in [0.05, 0.1) is 37.7 Å². The predicted octanol–water partition coefficient (Wildman–Crippen LogP) is 5.58. The van der Waals surface area contributed by atoms with Gasteiger partial charge in [0.15, 0.2) is 0 Å². The maximum atomic E-state index is 13.5. The molecule has 2 aliphatic heterocycles. The van der Waals surface area contributed by atoms with Gasteiger partial charge in [-0.15, -0.1) is 11.3 Å². The molecule has 1 aliphatic carbocycles. The van der Waals surface area contributed by atoms with E-state index in [4.69, 9.17) is 9.47 Å². The number of amides is 2. The van der Waals surface area contributed by atoms with Gasteiger partial charge in [-0.25, -0.2) is 0 Å². The second kappa shape index (κ2) is 11.3. The molecule has 5 rings (SSSR count). The fraction of sp³-hybridized carbons (Fsp3) is 0.467. The minimum atomic E-state index is -0.342. The van der Waals surface area contributed by atoms with Crippen LogP contribution in [0.25, 0.3) is 6.08 Å². The summed E-state index contributed by atoms with van der Waals surface area (Å²) in [6.45, 7) is 3.46. The van der Waals surface area contributed by atoms with E-state index in [0.717, 1.165) is 41.7 Å². The zero-order chi connectivity index (χ0) is 25.9. The maximum Gasteiger partial charge on any atom is 0.234 e. The number of carbonyl (C=O) groups is 2. The number of rotatable bonds is 10. The van der Waals surface area contributed by atoms with Gasteiger partial charge < -0.3 is 14.6 Å². The zero-order valence-electron chi connectivity index (χ0n) is 21.5. The topological polar surface area (TPSA) is 76.1 Å². The Balaban J connectivity index is 1.35. The monoisotopic (exact) mass is 521 g/mol. The molecule has 1 N–H and O–H groups in total. The number of hydrogen-bond acceptors (Lipinski definition) is 6. The summed E-state index contributed by atoms with van der Waals surface area (Å²) in [5, 5.41) is 11.8. The van der Waals surface area contributed by atoms with Crippen LogP contribution in [0.2, 0.25) is 0 Å². The Morgan fingerprint density at radius 2 is 2.05 bits per heavy atom. The number of thiophene rings is 1. The van der Waals surface area contributed by atoms with Gasteiger partial charge in [0.25, 0.3) is 0 Å². The van der Waals surface area contributed by atoms with Crippen LogP contribution in [0.1, 0.15) is 49.5 Å². The largest absolute Gasteiger partial charge is 0.508 e. The van der Waals surface area contributed by atoms with Crippen molar-refractivity contribution in [3.63, 3.8) is 0 Å². The number of aromatic hydroxyl groups is 1. The molecule has 3 aliphatic rings. The van der Waals surface area contributed by atoms with Gasteiger partial charge in [-0.05, 0) is 66.0 Å². The van der Waals surface area contributed by atoms with Crippen LogP contribution in [0, 0.1) is 17.8 Å². The third-order valence-corrected chi connectivity index (χ3v) is 8.71. The van der Waals surface area contributed by atoms with Gasteiger partial charge in [-0.2, -0.15) is 0 Å². The van der Waals surface area contributed by atoms with Crippen LogP contribution < -0.4 is 0 Å². The number of imide groups is 1. The summed E-state index contributed by atoms with van der Waals surface area (Å²) < 4.78 is 11.9. The highest BCUT2D eigenvalue weighted by Crippen LogP contribution is 2.50. The van der Waals surface area contributed by atoms with Gasteiger partial charge in [-0.1, -0.05) is 43.2 Å². The van der Waals surface area contributed by atoms with Crippen molar-refractivity contribution in [2.75, 3.05) is 20.3 Å². The molecule has 0 saturated carbocycles. The molecule has 0 radical (unpaired) electrons. The molecule has 0 bridgehead atoms. The Kier molecular flexibility index (Phi) is 7.93. The number of benzene rings is 1. The Bertz CT molecular complexity index is 1200. The third-order valence-electron chi connectivity index (χ3n) is 7.85. The summed E-state index contributed by atoms with van der Waals surface area (Å²) in [6, 6.07) is 11.2. The molecule has 6 nitrogen and oxygen atoms in total. The number of methoxy groups -OCH3 is 1. The Labute approximate surface area is 222 Å². The molecule has 1 aromatic heterocycles. The lowest BCUT2D eigenvalue weighted by Gasteiger charge is -2.31. The minimum absolute atomic E-state index is 0.0536. The number of hydrogen-bond donors (Lipinski definition) is 1. The highest BCUT2D eigenvalue weighted by Gasteiger charge is 2.56. The fourth-order valence-electron chi connectivity index (χ4n) is 6.32. The molecule has 196 valence electrons. The fourth-order valence-corrected chi connectivity index (χ4v) is 7.01. The quantitative estimate of drug-likeness (QED) is 0.326. The molecule has 0 spiro atoms. The van der Waals surface area contributed by atoms with Crippen LogP contribution in [0.4, 0.5) is 0 Å². The zero-order valence-corrected chi connectivity index (χ0v) is 22.3. The molecule has 37 heavy (non-hydrogen) atoms. The summed E-state index contributed by atoms with van der Waals surface area (Å²) >= 11 is 1.57. The summed E-state index contributed by atoms with van der Waals surface area (Å²) in [5.41, 5.74) is 4.63. The second-order valence-corrected chi connectivity index (χ2v) is 11.3. The van der Waals surface area contributed by atoms with Crippen LogP contribution in [0.15, 0.2) is 58.5 Å². The normalized spacial score (nSPS) is 25.7. The predicted molar refractivity (Wildman–Crippen MR) is 144 cm³/mol. The van der Waals surface area contributed by atoms with Crippen LogP contribution in [-0.4, -0.2) is 48.2 Å². The second-order valence-electron chi connectivity index (χ2n) is 10.3. The number of nitrogens with zero attached hydrogens (tertiary/aromatic N) is 1. The molecule has 7 heteroatoms. The van der Waals surface area contributed by atoms with E-state index in [1.54, 1.807) is 30.6 Å². The SMILES string of the molecule is CCC/C(=C\c1cccc(O)c1)CC[C@H]1OC[C@H]2C1=C(COC)C[C@H]1C(=O)N(Cc3cccs3)C(=O)[C@H]12. The first-order valence-electron chi connectivity index (χ1n) is 13.2. The van der Waals surface area contributed by atoms with Gasteiger partial charge in [0, 0.05) is 17.9 Å². The number of allylic oxidation sites excluding steroid dienone is 1. The van der Waals surface area contributed by atoms with Crippen molar-refractivity contribution in [3.05, 3.63) is 68.9 Å². The third kappa shape index (κ3) is 5.31. The Hall–Kier alpha value is -2.74. The van der Waals surface area contributed by atoms with E-state index in [1.807, 2.05) is 29.6 Å². The van der Waals surface area contributed by atoms with Crippen molar-refractivity contribution >= 4 is 29.2 Å². The standard InChI is InChI=1S/C30H35NO5S/c1-3-6-19(13-20-7-4-8-22(32)14-20)10-11-26-27-21(17-35-2)15-24-28(25(27)18-36-26)30(34)31(29(24)33)16-23-9-5-12-37-23/h4-5,7-9,12-14,24-26,28,32H,3,6,10-11,15-18H2,1-2H3/b19-13+/t24-,25+,26-,28-/m1/s1. The number of ether oxygens (including phenoxy) is 2. The van der Waals surface area contributed by atoms with Crippen molar-refractivity contribution in [2.24, 2.45) is 17.8 Å². The van der Waals surface area contributed by atoms with Crippen LogP contribution in [0.5, 0.6) is 5.75 Å². The molecule has 2 fully saturated rings. The number of phenolic OH excluding ortho intramolecular Hbond substituents is 1.